The first kappa shape index (κ1) is 18.4. The van der Waals surface area contributed by atoms with E-state index in [-0.39, 0.29) is 6.54 Å². The zero-order valence-electron chi connectivity index (χ0n) is 14.5. The van der Waals surface area contributed by atoms with Crippen molar-refractivity contribution >= 4 is 27.3 Å². The van der Waals surface area contributed by atoms with Crippen LogP contribution in [-0.2, 0) is 14.8 Å². The second kappa shape index (κ2) is 7.79. The molecule has 0 spiro atoms. The summed E-state index contributed by atoms with van der Waals surface area (Å²) in [5.74, 6) is -0.432. The molecule has 1 N–H and O–H groups in total. The predicted molar refractivity (Wildman–Crippen MR) is 96.8 cm³/mol. The van der Waals surface area contributed by atoms with Crippen molar-refractivity contribution in [2.45, 2.75) is 46.0 Å². The highest BCUT2D eigenvalue weighted by Gasteiger charge is 2.22. The molecular weight excluding hydrogens is 326 g/mol. The second-order valence-electron chi connectivity index (χ2n) is 6.33. The third-order valence-electron chi connectivity index (χ3n) is 4.08. The first-order valence-corrected chi connectivity index (χ1v) is 10.0. The minimum absolute atomic E-state index is 0.278. The van der Waals surface area contributed by atoms with Gasteiger partial charge in [0.2, 0.25) is 10.0 Å². The van der Waals surface area contributed by atoms with Gasteiger partial charge < -0.3 is 0 Å². The van der Waals surface area contributed by atoms with E-state index >= 15 is 0 Å². The van der Waals surface area contributed by atoms with Gasteiger partial charge in [-0.05, 0) is 51.2 Å². The van der Waals surface area contributed by atoms with Crippen LogP contribution in [0.2, 0.25) is 0 Å². The fourth-order valence-corrected chi connectivity index (χ4v) is 3.76. The van der Waals surface area contributed by atoms with Gasteiger partial charge in [0, 0.05) is 5.71 Å². The molecule has 0 unspecified atom stereocenters. The van der Waals surface area contributed by atoms with Gasteiger partial charge in [-0.3, -0.25) is 9.10 Å². The molecule has 6 nitrogen and oxygen atoms in total. The van der Waals surface area contributed by atoms with E-state index in [9.17, 15) is 13.2 Å². The van der Waals surface area contributed by atoms with Crippen molar-refractivity contribution in [2.75, 3.05) is 17.1 Å². The average molecular weight is 351 g/mol. The summed E-state index contributed by atoms with van der Waals surface area (Å²) in [7, 11) is -3.57. The maximum Gasteiger partial charge on any atom is 0.260 e. The Kier molecular flexibility index (Phi) is 5.99. The van der Waals surface area contributed by atoms with Crippen LogP contribution in [0.15, 0.2) is 23.3 Å². The number of hydrogen-bond donors (Lipinski definition) is 1. The Balaban J connectivity index is 2.13. The van der Waals surface area contributed by atoms with Crippen LogP contribution in [0.4, 0.5) is 5.69 Å². The Morgan fingerprint density at radius 1 is 1.21 bits per heavy atom. The van der Waals surface area contributed by atoms with Gasteiger partial charge in [-0.1, -0.05) is 24.1 Å². The summed E-state index contributed by atoms with van der Waals surface area (Å²) >= 11 is 0. The first-order valence-electron chi connectivity index (χ1n) is 8.16. The molecule has 7 heteroatoms. The Bertz CT molecular complexity index is 733. The number of carbonyl (C=O) groups excluding carboxylic acids is 1. The quantitative estimate of drug-likeness (QED) is 0.828. The SMILES string of the molecule is Cc1ccc(N(CC(=O)NN=C2CCCCC2)S(C)(=O)=O)c(C)c1. The number of nitrogens with one attached hydrogen (secondary N) is 1. The number of amides is 1. The van der Waals surface area contributed by atoms with Crippen molar-refractivity contribution in [3.05, 3.63) is 29.3 Å². The van der Waals surface area contributed by atoms with E-state index in [0.717, 1.165) is 53.1 Å². The van der Waals surface area contributed by atoms with Gasteiger partial charge in [0.15, 0.2) is 0 Å². The monoisotopic (exact) mass is 351 g/mol. The molecule has 0 radical (unpaired) electrons. The molecule has 1 aromatic carbocycles. The van der Waals surface area contributed by atoms with Gasteiger partial charge >= 0.3 is 0 Å². The number of sulfonamides is 1. The van der Waals surface area contributed by atoms with E-state index in [1.807, 2.05) is 26.0 Å². The zero-order chi connectivity index (χ0) is 17.7. The van der Waals surface area contributed by atoms with Crippen molar-refractivity contribution in [1.82, 2.24) is 5.43 Å². The number of hydrogen-bond acceptors (Lipinski definition) is 4. The summed E-state index contributed by atoms with van der Waals surface area (Å²) in [5, 5.41) is 4.14. The zero-order valence-corrected chi connectivity index (χ0v) is 15.3. The molecule has 0 heterocycles. The summed E-state index contributed by atoms with van der Waals surface area (Å²) < 4.78 is 25.4. The lowest BCUT2D eigenvalue weighted by atomic mass is 9.99. The fraction of sp³-hybridized carbons (Fsp3) is 0.529. The molecule has 1 aliphatic carbocycles. The smallest absolute Gasteiger partial charge is 0.260 e. The van der Waals surface area contributed by atoms with Gasteiger partial charge in [-0.25, -0.2) is 13.8 Å². The number of aryl methyl sites for hydroxylation is 2. The Labute approximate surface area is 144 Å². The van der Waals surface area contributed by atoms with Crippen LogP contribution in [0.25, 0.3) is 0 Å². The lowest BCUT2D eigenvalue weighted by molar-refractivity contribution is -0.119. The molecule has 1 saturated carbocycles. The molecule has 0 aliphatic heterocycles. The molecule has 0 bridgehead atoms. The van der Waals surface area contributed by atoms with Crippen LogP contribution in [-0.4, -0.2) is 32.8 Å². The van der Waals surface area contributed by atoms with E-state index < -0.39 is 15.9 Å². The molecule has 24 heavy (non-hydrogen) atoms. The van der Waals surface area contributed by atoms with Crippen molar-refractivity contribution in [3.63, 3.8) is 0 Å². The molecule has 132 valence electrons. The first-order chi connectivity index (χ1) is 11.3. The summed E-state index contributed by atoms with van der Waals surface area (Å²) in [6, 6.07) is 5.46. The summed E-state index contributed by atoms with van der Waals surface area (Å²) in [5.41, 5.74) is 5.85. The van der Waals surface area contributed by atoms with Crippen LogP contribution >= 0.6 is 0 Å². The lowest BCUT2D eigenvalue weighted by Crippen LogP contribution is -2.39. The maximum absolute atomic E-state index is 12.2. The third kappa shape index (κ3) is 5.06. The van der Waals surface area contributed by atoms with Crippen molar-refractivity contribution in [1.29, 1.82) is 0 Å². The Morgan fingerprint density at radius 3 is 2.46 bits per heavy atom. The number of carbonyl (C=O) groups is 1. The van der Waals surface area contributed by atoms with Crippen LogP contribution in [0.1, 0.15) is 43.2 Å². The van der Waals surface area contributed by atoms with E-state index in [2.05, 4.69) is 10.5 Å². The van der Waals surface area contributed by atoms with E-state index in [4.69, 9.17) is 0 Å². The highest BCUT2D eigenvalue weighted by molar-refractivity contribution is 7.92. The largest absolute Gasteiger partial charge is 0.271 e. The molecule has 1 fully saturated rings. The van der Waals surface area contributed by atoms with Gasteiger partial charge in [0.25, 0.3) is 5.91 Å². The number of hydrazone groups is 1. The van der Waals surface area contributed by atoms with E-state index in [1.54, 1.807) is 6.07 Å². The van der Waals surface area contributed by atoms with Crippen LogP contribution < -0.4 is 9.73 Å². The van der Waals surface area contributed by atoms with E-state index in [0.29, 0.717) is 5.69 Å². The minimum atomic E-state index is -3.57. The van der Waals surface area contributed by atoms with Crippen LogP contribution in [0, 0.1) is 13.8 Å². The molecule has 0 atom stereocenters. The average Bonchev–Trinajstić information content (AvgIpc) is 2.51. The Morgan fingerprint density at radius 2 is 1.88 bits per heavy atom. The molecule has 1 aromatic rings. The van der Waals surface area contributed by atoms with E-state index in [1.165, 1.54) is 6.42 Å². The van der Waals surface area contributed by atoms with Crippen molar-refractivity contribution in [2.24, 2.45) is 5.10 Å². The molecule has 2 rings (SSSR count). The molecule has 1 aliphatic rings. The van der Waals surface area contributed by atoms with Crippen molar-refractivity contribution < 1.29 is 13.2 Å². The highest BCUT2D eigenvalue weighted by atomic mass is 32.2. The standard InChI is InChI=1S/C17H25N3O3S/c1-13-9-10-16(14(2)11-13)20(24(3,22)23)12-17(21)19-18-15-7-5-4-6-8-15/h9-11H,4-8,12H2,1-3H3,(H,19,21). The summed E-state index contributed by atoms with van der Waals surface area (Å²) in [6.07, 6.45) is 6.27. The number of nitrogens with zero attached hydrogens (tertiary/aromatic N) is 2. The van der Waals surface area contributed by atoms with Gasteiger partial charge in [-0.2, -0.15) is 5.10 Å². The van der Waals surface area contributed by atoms with Gasteiger partial charge in [-0.15, -0.1) is 0 Å². The van der Waals surface area contributed by atoms with Gasteiger partial charge in [0.05, 0.1) is 11.9 Å². The lowest BCUT2D eigenvalue weighted by Gasteiger charge is -2.23. The van der Waals surface area contributed by atoms with Crippen LogP contribution in [0.5, 0.6) is 0 Å². The predicted octanol–water partition coefficient (Wildman–Crippen LogP) is 2.51. The second-order valence-corrected chi connectivity index (χ2v) is 8.24. The maximum atomic E-state index is 12.2. The van der Waals surface area contributed by atoms with Crippen molar-refractivity contribution in [3.8, 4) is 0 Å². The highest BCUT2D eigenvalue weighted by Crippen LogP contribution is 2.23. The molecule has 0 saturated heterocycles. The Hall–Kier alpha value is -1.89. The minimum Gasteiger partial charge on any atom is -0.271 e. The third-order valence-corrected chi connectivity index (χ3v) is 5.20. The van der Waals surface area contributed by atoms with Crippen LogP contribution in [0.3, 0.4) is 0 Å². The normalized spacial score (nSPS) is 15.0. The molecular formula is C17H25N3O3S. The number of benzene rings is 1. The van der Waals surface area contributed by atoms with Gasteiger partial charge in [0.1, 0.15) is 6.54 Å². The fourth-order valence-electron chi connectivity index (χ4n) is 2.85. The summed E-state index contributed by atoms with van der Waals surface area (Å²) in [4.78, 5) is 12.2. The summed E-state index contributed by atoms with van der Waals surface area (Å²) in [6.45, 7) is 3.49. The number of anilines is 1. The topological polar surface area (TPSA) is 78.8 Å². The number of rotatable bonds is 5. The molecule has 1 amide bonds. The molecule has 0 aromatic heterocycles.